The third-order valence-electron chi connectivity index (χ3n) is 1.87. The molecule has 0 N–H and O–H groups in total. The third-order valence-corrected chi connectivity index (χ3v) is 3.29. The summed E-state index contributed by atoms with van der Waals surface area (Å²) < 4.78 is 0. The van der Waals surface area contributed by atoms with E-state index in [-0.39, 0.29) is 0 Å². The minimum Gasteiger partial charge on any atom is -0.631 e. The van der Waals surface area contributed by atoms with Gasteiger partial charge in [-0.25, -0.2) is 0 Å². The van der Waals surface area contributed by atoms with Crippen LogP contribution >= 0.6 is 7.77 Å². The zero-order chi connectivity index (χ0) is 9.23. The van der Waals surface area contributed by atoms with Crippen LogP contribution in [0.15, 0.2) is 0 Å². The fourth-order valence-corrected chi connectivity index (χ4v) is 2.32. The number of rotatable bonds is 7. The molecule has 0 bridgehead atoms. The van der Waals surface area contributed by atoms with Gasteiger partial charge in [-0.15, -0.1) is 0 Å². The first-order valence-corrected chi connectivity index (χ1v) is 6.59. The quantitative estimate of drug-likeness (QED) is 0.445. The summed E-state index contributed by atoms with van der Waals surface area (Å²) in [4.78, 5) is 11.3. The molecule has 0 aliphatic heterocycles. The Labute approximate surface area is 77.7 Å². The summed E-state index contributed by atoms with van der Waals surface area (Å²) in [5.74, 6) is 2.01. The van der Waals surface area contributed by atoms with Crippen LogP contribution in [0.4, 0.5) is 0 Å². The number of hydrogen-bond acceptors (Lipinski definition) is 1. The first-order chi connectivity index (χ1) is 5.81. The van der Waals surface area contributed by atoms with E-state index in [4.69, 9.17) is 0 Å². The van der Waals surface area contributed by atoms with Crippen molar-refractivity contribution in [2.75, 3.05) is 6.16 Å². The largest absolute Gasteiger partial charge is 0.631 e. The van der Waals surface area contributed by atoms with E-state index >= 15 is 0 Å². The minimum atomic E-state index is -0.978. The van der Waals surface area contributed by atoms with E-state index in [2.05, 4.69) is 13.8 Å². The SMILES string of the molecule is CCCCCC=[P+]([O-])CCCC. The van der Waals surface area contributed by atoms with Gasteiger partial charge in [-0.05, 0) is 12.8 Å². The summed E-state index contributed by atoms with van der Waals surface area (Å²) in [6, 6.07) is 0. The van der Waals surface area contributed by atoms with Crippen molar-refractivity contribution in [2.45, 2.75) is 52.4 Å². The van der Waals surface area contributed by atoms with E-state index in [0.29, 0.717) is 0 Å². The summed E-state index contributed by atoms with van der Waals surface area (Å²) in [6.45, 7) is 4.33. The Kier molecular flexibility index (Phi) is 9.32. The molecule has 0 heterocycles. The van der Waals surface area contributed by atoms with Crippen LogP contribution in [0.2, 0.25) is 0 Å². The molecule has 72 valence electrons. The highest BCUT2D eigenvalue weighted by molar-refractivity contribution is 7.49. The average molecular weight is 188 g/mol. The second kappa shape index (κ2) is 9.22. The van der Waals surface area contributed by atoms with Crippen molar-refractivity contribution in [1.29, 1.82) is 0 Å². The maximum atomic E-state index is 11.3. The predicted octanol–water partition coefficient (Wildman–Crippen LogP) is 2.93. The fraction of sp³-hybridized carbons (Fsp3) is 0.900. The molecule has 2 heteroatoms. The van der Waals surface area contributed by atoms with Gasteiger partial charge in [0.1, 0.15) is 6.16 Å². The molecule has 0 aromatic rings. The average Bonchev–Trinajstić information content (AvgIpc) is 2.09. The van der Waals surface area contributed by atoms with Crippen LogP contribution in [-0.2, 0) is 0 Å². The first kappa shape index (κ1) is 12.1. The van der Waals surface area contributed by atoms with Crippen LogP contribution in [-0.4, -0.2) is 12.0 Å². The van der Waals surface area contributed by atoms with Crippen molar-refractivity contribution in [2.24, 2.45) is 0 Å². The van der Waals surface area contributed by atoms with Gasteiger partial charge in [0.05, 0.1) is 5.80 Å². The third kappa shape index (κ3) is 8.23. The molecule has 0 aromatic heterocycles. The lowest BCUT2D eigenvalue weighted by atomic mass is 10.2. The molecule has 0 amide bonds. The second-order valence-electron chi connectivity index (χ2n) is 3.17. The Morgan fingerprint density at radius 1 is 1.08 bits per heavy atom. The van der Waals surface area contributed by atoms with Crippen molar-refractivity contribution in [3.63, 3.8) is 0 Å². The van der Waals surface area contributed by atoms with Gasteiger partial charge >= 0.3 is 0 Å². The standard InChI is InChI=1S/C10H21OP/c1-3-5-7-8-10-12(11)9-6-4-2/h10H,3-9H2,1-2H3. The zero-order valence-corrected chi connectivity index (χ0v) is 9.28. The van der Waals surface area contributed by atoms with Crippen LogP contribution in [0, 0.1) is 0 Å². The molecule has 1 unspecified atom stereocenters. The second-order valence-corrected chi connectivity index (χ2v) is 4.82. The molecule has 0 rings (SSSR count). The number of hydrogen-bond donors (Lipinski definition) is 0. The lowest BCUT2D eigenvalue weighted by Gasteiger charge is -1.96. The van der Waals surface area contributed by atoms with Crippen molar-refractivity contribution in [1.82, 2.24) is 0 Å². The summed E-state index contributed by atoms with van der Waals surface area (Å²) in [7, 11) is -0.978. The van der Waals surface area contributed by atoms with E-state index in [1.165, 1.54) is 19.3 Å². The maximum absolute atomic E-state index is 11.3. The van der Waals surface area contributed by atoms with Gasteiger partial charge in [0, 0.05) is 14.2 Å². The minimum absolute atomic E-state index is 0.901. The predicted molar refractivity (Wildman–Crippen MR) is 56.9 cm³/mol. The number of unbranched alkanes of at least 4 members (excludes halogenated alkanes) is 4. The molecular weight excluding hydrogens is 167 g/mol. The monoisotopic (exact) mass is 188 g/mol. The molecule has 12 heavy (non-hydrogen) atoms. The van der Waals surface area contributed by atoms with Gasteiger partial charge in [-0.2, -0.15) is 0 Å². The highest BCUT2D eigenvalue weighted by Crippen LogP contribution is 2.13. The topological polar surface area (TPSA) is 23.1 Å². The van der Waals surface area contributed by atoms with E-state index in [1.807, 2.05) is 5.80 Å². The van der Waals surface area contributed by atoms with Crippen molar-refractivity contribution in [3.05, 3.63) is 0 Å². The molecular formula is C10H21OP. The highest BCUT2D eigenvalue weighted by Gasteiger charge is 1.94. The molecule has 0 aliphatic rings. The molecule has 1 atom stereocenters. The molecule has 0 aromatic carbocycles. The first-order valence-electron chi connectivity index (χ1n) is 5.08. The summed E-state index contributed by atoms with van der Waals surface area (Å²) in [6.07, 6.45) is 7.95. The van der Waals surface area contributed by atoms with Crippen LogP contribution in [0.1, 0.15) is 52.4 Å². The molecule has 0 radical (unpaired) electrons. The van der Waals surface area contributed by atoms with Crippen LogP contribution in [0.25, 0.3) is 0 Å². The van der Waals surface area contributed by atoms with Crippen LogP contribution in [0.5, 0.6) is 0 Å². The van der Waals surface area contributed by atoms with Crippen molar-refractivity contribution >= 4 is 13.6 Å². The summed E-state index contributed by atoms with van der Waals surface area (Å²) in [5, 5.41) is 0. The van der Waals surface area contributed by atoms with Gasteiger partial charge in [0.2, 0.25) is 0 Å². The van der Waals surface area contributed by atoms with Crippen molar-refractivity contribution < 1.29 is 4.89 Å². The van der Waals surface area contributed by atoms with Gasteiger partial charge in [-0.3, -0.25) is 0 Å². The van der Waals surface area contributed by atoms with Crippen LogP contribution < -0.4 is 4.89 Å². The van der Waals surface area contributed by atoms with Gasteiger partial charge in [-0.1, -0.05) is 33.1 Å². The van der Waals surface area contributed by atoms with E-state index in [1.54, 1.807) is 0 Å². The van der Waals surface area contributed by atoms with Crippen LogP contribution in [0.3, 0.4) is 0 Å². The van der Waals surface area contributed by atoms with E-state index in [9.17, 15) is 4.89 Å². The van der Waals surface area contributed by atoms with E-state index < -0.39 is 7.77 Å². The molecule has 0 spiro atoms. The highest BCUT2D eigenvalue weighted by atomic mass is 31.1. The van der Waals surface area contributed by atoms with Gasteiger partial charge in [0.25, 0.3) is 0 Å². The normalized spacial score (nSPS) is 12.1. The summed E-state index contributed by atoms with van der Waals surface area (Å²) in [5.41, 5.74) is 0. The molecule has 1 nitrogen and oxygen atoms in total. The Hall–Kier alpha value is 0.130. The zero-order valence-electron chi connectivity index (χ0n) is 8.38. The Bertz CT molecular complexity index is 121. The Morgan fingerprint density at radius 2 is 1.75 bits per heavy atom. The Morgan fingerprint density at radius 3 is 2.33 bits per heavy atom. The molecule has 0 aliphatic carbocycles. The molecule has 0 saturated heterocycles. The smallest absolute Gasteiger partial charge is 0.102 e. The maximum Gasteiger partial charge on any atom is 0.102 e. The Balaban J connectivity index is 3.28. The van der Waals surface area contributed by atoms with Gasteiger partial charge < -0.3 is 4.89 Å². The fourth-order valence-electron chi connectivity index (χ4n) is 1.03. The lowest BCUT2D eigenvalue weighted by Crippen LogP contribution is -1.94. The lowest BCUT2D eigenvalue weighted by molar-refractivity contribution is -0.152. The van der Waals surface area contributed by atoms with Crippen molar-refractivity contribution in [3.8, 4) is 0 Å². The van der Waals surface area contributed by atoms with E-state index in [0.717, 1.165) is 25.4 Å². The molecule has 0 fully saturated rings. The molecule has 0 saturated carbocycles. The van der Waals surface area contributed by atoms with Gasteiger partial charge in [0.15, 0.2) is 0 Å². The summed E-state index contributed by atoms with van der Waals surface area (Å²) >= 11 is 0.